The summed E-state index contributed by atoms with van der Waals surface area (Å²) in [6, 6.07) is 20.3. The third kappa shape index (κ3) is 4.87. The first kappa shape index (κ1) is 18.9. The fraction of sp³-hybridized carbons (Fsp3) is 0.0500. The minimum atomic E-state index is -3.53. The van der Waals surface area contributed by atoms with Gasteiger partial charge in [0.05, 0.1) is 9.92 Å². The van der Waals surface area contributed by atoms with Gasteiger partial charge < -0.3 is 10.1 Å². The fourth-order valence-corrected chi connectivity index (χ4v) is 3.66. The highest BCUT2D eigenvalue weighted by Gasteiger charge is 2.16. The molecule has 1 amide bonds. The second-order valence-corrected chi connectivity index (χ2v) is 8.20. The maximum absolute atomic E-state index is 12.4. The molecule has 0 saturated carbocycles. The maximum atomic E-state index is 12.4. The van der Waals surface area contributed by atoms with Crippen molar-refractivity contribution in [2.24, 2.45) is 0 Å². The van der Waals surface area contributed by atoms with E-state index in [0.29, 0.717) is 17.2 Å². The van der Waals surface area contributed by atoms with Crippen LogP contribution in [0.3, 0.4) is 0 Å². The van der Waals surface area contributed by atoms with Gasteiger partial charge in [-0.2, -0.15) is 0 Å². The Morgan fingerprint density at radius 2 is 1.56 bits per heavy atom. The van der Waals surface area contributed by atoms with E-state index in [1.165, 1.54) is 18.2 Å². The number of ether oxygens (including phenoxy) is 1. The zero-order valence-corrected chi connectivity index (χ0v) is 15.9. The van der Waals surface area contributed by atoms with Crippen LogP contribution in [-0.2, 0) is 9.84 Å². The van der Waals surface area contributed by atoms with Gasteiger partial charge in [-0.25, -0.2) is 8.42 Å². The Balaban J connectivity index is 1.73. The number of benzene rings is 3. The van der Waals surface area contributed by atoms with Gasteiger partial charge in [0.1, 0.15) is 11.5 Å². The minimum absolute atomic E-state index is 0.0801. The van der Waals surface area contributed by atoms with E-state index < -0.39 is 15.7 Å². The van der Waals surface area contributed by atoms with Crippen molar-refractivity contribution in [3.8, 4) is 11.5 Å². The summed E-state index contributed by atoms with van der Waals surface area (Å²) in [6.07, 6.45) is 1.04. The molecule has 0 fully saturated rings. The standard InChI is InChI=1S/C20H16ClNO4S/c1-27(24,25)19-13-14(7-12-18(19)21)20(23)22-15-8-10-17(11-9-15)26-16-5-3-2-4-6-16/h2-13H,1H3,(H,22,23). The van der Waals surface area contributed by atoms with Crippen LogP contribution in [0, 0.1) is 0 Å². The highest BCUT2D eigenvalue weighted by Crippen LogP contribution is 2.25. The molecule has 0 aliphatic carbocycles. The molecule has 138 valence electrons. The molecule has 0 bridgehead atoms. The van der Waals surface area contributed by atoms with E-state index in [0.717, 1.165) is 6.26 Å². The number of anilines is 1. The fourth-order valence-electron chi connectivity index (χ4n) is 2.36. The van der Waals surface area contributed by atoms with E-state index in [-0.39, 0.29) is 15.5 Å². The number of nitrogens with one attached hydrogen (secondary N) is 1. The van der Waals surface area contributed by atoms with Gasteiger partial charge in [-0.15, -0.1) is 0 Å². The second-order valence-electron chi connectivity index (χ2n) is 5.81. The zero-order chi connectivity index (χ0) is 19.4. The lowest BCUT2D eigenvalue weighted by atomic mass is 10.2. The predicted octanol–water partition coefficient (Wildman–Crippen LogP) is 4.79. The van der Waals surface area contributed by atoms with Crippen LogP contribution in [-0.4, -0.2) is 20.6 Å². The SMILES string of the molecule is CS(=O)(=O)c1cc(C(=O)Nc2ccc(Oc3ccccc3)cc2)ccc1Cl. The van der Waals surface area contributed by atoms with E-state index in [2.05, 4.69) is 5.32 Å². The lowest BCUT2D eigenvalue weighted by Gasteiger charge is -2.09. The molecule has 0 heterocycles. The number of halogens is 1. The van der Waals surface area contributed by atoms with Gasteiger partial charge in [-0.3, -0.25) is 4.79 Å². The van der Waals surface area contributed by atoms with E-state index in [4.69, 9.17) is 16.3 Å². The molecule has 7 heteroatoms. The molecule has 0 spiro atoms. The first-order valence-corrected chi connectivity index (χ1v) is 10.2. The molecule has 0 saturated heterocycles. The van der Waals surface area contributed by atoms with Crippen molar-refractivity contribution in [1.82, 2.24) is 0 Å². The van der Waals surface area contributed by atoms with Crippen LogP contribution in [0.1, 0.15) is 10.4 Å². The van der Waals surface area contributed by atoms with Crippen LogP contribution in [0.5, 0.6) is 11.5 Å². The molecule has 3 aromatic carbocycles. The molecule has 5 nitrogen and oxygen atoms in total. The number of rotatable bonds is 5. The number of sulfone groups is 1. The van der Waals surface area contributed by atoms with E-state index >= 15 is 0 Å². The molecule has 0 aromatic heterocycles. The molecular formula is C20H16ClNO4S. The van der Waals surface area contributed by atoms with Gasteiger partial charge in [0.2, 0.25) is 0 Å². The van der Waals surface area contributed by atoms with Gasteiger partial charge in [-0.1, -0.05) is 29.8 Å². The average Bonchev–Trinajstić information content (AvgIpc) is 2.63. The van der Waals surface area contributed by atoms with E-state index in [1.54, 1.807) is 24.3 Å². The Morgan fingerprint density at radius 3 is 2.19 bits per heavy atom. The summed E-state index contributed by atoms with van der Waals surface area (Å²) in [5.74, 6) is 0.905. The summed E-state index contributed by atoms with van der Waals surface area (Å²) in [7, 11) is -3.53. The molecular weight excluding hydrogens is 386 g/mol. The smallest absolute Gasteiger partial charge is 0.255 e. The normalized spacial score (nSPS) is 11.0. The minimum Gasteiger partial charge on any atom is -0.457 e. The third-order valence-electron chi connectivity index (χ3n) is 3.68. The molecule has 0 aliphatic rings. The molecule has 0 aliphatic heterocycles. The topological polar surface area (TPSA) is 72.5 Å². The number of carbonyl (C=O) groups excluding carboxylic acids is 1. The Morgan fingerprint density at radius 1 is 0.926 bits per heavy atom. The van der Waals surface area contributed by atoms with Gasteiger partial charge in [0.25, 0.3) is 5.91 Å². The van der Waals surface area contributed by atoms with Crippen LogP contribution in [0.2, 0.25) is 5.02 Å². The lowest BCUT2D eigenvalue weighted by molar-refractivity contribution is 0.102. The largest absolute Gasteiger partial charge is 0.457 e. The summed E-state index contributed by atoms with van der Waals surface area (Å²) in [4.78, 5) is 12.3. The Kier molecular flexibility index (Phi) is 5.48. The van der Waals surface area contributed by atoms with Crippen LogP contribution in [0.25, 0.3) is 0 Å². The highest BCUT2D eigenvalue weighted by atomic mass is 35.5. The number of amides is 1. The van der Waals surface area contributed by atoms with E-state index in [9.17, 15) is 13.2 Å². The summed E-state index contributed by atoms with van der Waals surface area (Å²) in [6.45, 7) is 0. The highest BCUT2D eigenvalue weighted by molar-refractivity contribution is 7.90. The quantitative estimate of drug-likeness (QED) is 0.667. The van der Waals surface area contributed by atoms with Crippen molar-refractivity contribution in [3.05, 3.63) is 83.4 Å². The van der Waals surface area contributed by atoms with Crippen molar-refractivity contribution in [2.75, 3.05) is 11.6 Å². The third-order valence-corrected chi connectivity index (χ3v) is 5.26. The molecule has 0 atom stereocenters. The average molecular weight is 402 g/mol. The van der Waals surface area contributed by atoms with Gasteiger partial charge in [-0.05, 0) is 54.6 Å². The van der Waals surface area contributed by atoms with Crippen molar-refractivity contribution in [1.29, 1.82) is 0 Å². The first-order valence-electron chi connectivity index (χ1n) is 7.97. The molecule has 3 aromatic rings. The Hall–Kier alpha value is -2.83. The number of carbonyl (C=O) groups is 1. The zero-order valence-electron chi connectivity index (χ0n) is 14.3. The molecule has 0 unspecified atom stereocenters. The van der Waals surface area contributed by atoms with E-state index in [1.807, 2.05) is 30.3 Å². The summed E-state index contributed by atoms with van der Waals surface area (Å²) in [5, 5.41) is 2.80. The monoisotopic (exact) mass is 401 g/mol. The Labute approximate surface area is 162 Å². The van der Waals surface area contributed by atoms with Crippen LogP contribution >= 0.6 is 11.6 Å². The summed E-state index contributed by atoms with van der Waals surface area (Å²) in [5.41, 5.74) is 0.751. The van der Waals surface area contributed by atoms with Crippen LogP contribution in [0.4, 0.5) is 5.69 Å². The molecule has 3 rings (SSSR count). The second kappa shape index (κ2) is 7.82. The predicted molar refractivity (Wildman–Crippen MR) is 105 cm³/mol. The molecule has 27 heavy (non-hydrogen) atoms. The maximum Gasteiger partial charge on any atom is 0.255 e. The molecule has 1 N–H and O–H groups in total. The van der Waals surface area contributed by atoms with Crippen molar-refractivity contribution in [2.45, 2.75) is 4.90 Å². The van der Waals surface area contributed by atoms with Gasteiger partial charge in [0, 0.05) is 17.5 Å². The van der Waals surface area contributed by atoms with Crippen molar-refractivity contribution < 1.29 is 17.9 Å². The summed E-state index contributed by atoms with van der Waals surface area (Å²) < 4.78 is 29.2. The Bertz CT molecular complexity index is 1060. The van der Waals surface area contributed by atoms with Gasteiger partial charge in [0.15, 0.2) is 9.84 Å². The van der Waals surface area contributed by atoms with Crippen LogP contribution in [0.15, 0.2) is 77.7 Å². The van der Waals surface area contributed by atoms with Gasteiger partial charge >= 0.3 is 0 Å². The molecule has 0 radical (unpaired) electrons. The summed E-state index contributed by atoms with van der Waals surface area (Å²) >= 11 is 5.90. The van der Waals surface area contributed by atoms with Crippen LogP contribution < -0.4 is 10.1 Å². The number of hydrogen-bond acceptors (Lipinski definition) is 4. The van der Waals surface area contributed by atoms with Crippen molar-refractivity contribution in [3.63, 3.8) is 0 Å². The lowest BCUT2D eigenvalue weighted by Crippen LogP contribution is -2.12. The van der Waals surface area contributed by atoms with Crippen molar-refractivity contribution >= 4 is 33.0 Å². The number of para-hydroxylation sites is 1. The first-order chi connectivity index (χ1) is 12.8. The number of hydrogen-bond donors (Lipinski definition) is 1.